The summed E-state index contributed by atoms with van der Waals surface area (Å²) in [5, 5.41) is 2.92. The Bertz CT molecular complexity index is 857. The summed E-state index contributed by atoms with van der Waals surface area (Å²) < 4.78 is 11.8. The maximum absolute atomic E-state index is 12.3. The summed E-state index contributed by atoms with van der Waals surface area (Å²) in [6, 6.07) is 8.10. The molecule has 0 spiro atoms. The third kappa shape index (κ3) is 4.05. The van der Waals surface area contributed by atoms with E-state index in [9.17, 15) is 9.59 Å². The number of carbonyl (C=O) groups is 2. The summed E-state index contributed by atoms with van der Waals surface area (Å²) in [7, 11) is 0. The zero-order valence-corrected chi connectivity index (χ0v) is 15.3. The zero-order chi connectivity index (χ0) is 18.0. The Hall–Kier alpha value is -2.25. The number of fused-ring (bicyclic) bond motifs is 1. The van der Waals surface area contributed by atoms with Crippen LogP contribution >= 0.6 is 27.5 Å². The van der Waals surface area contributed by atoms with Crippen LogP contribution in [-0.4, -0.2) is 25.0 Å². The lowest BCUT2D eigenvalue weighted by Crippen LogP contribution is -2.18. The molecule has 6 nitrogen and oxygen atoms in total. The van der Waals surface area contributed by atoms with Crippen LogP contribution in [0.4, 0.5) is 5.69 Å². The van der Waals surface area contributed by atoms with Gasteiger partial charge in [-0.1, -0.05) is 27.5 Å². The van der Waals surface area contributed by atoms with Gasteiger partial charge in [-0.15, -0.1) is 0 Å². The van der Waals surface area contributed by atoms with E-state index in [1.807, 2.05) is 0 Å². The van der Waals surface area contributed by atoms with Crippen molar-refractivity contribution >= 4 is 45.0 Å². The lowest BCUT2D eigenvalue weighted by atomic mass is 10.1. The van der Waals surface area contributed by atoms with Crippen molar-refractivity contribution in [1.82, 2.24) is 0 Å². The van der Waals surface area contributed by atoms with Gasteiger partial charge in [-0.2, -0.15) is 0 Å². The van der Waals surface area contributed by atoms with E-state index in [0.717, 1.165) is 10.0 Å². The van der Waals surface area contributed by atoms with E-state index >= 15 is 0 Å². The maximum Gasteiger partial charge on any atom is 0.250 e. The normalized spacial score (nSPS) is 12.6. The van der Waals surface area contributed by atoms with Crippen molar-refractivity contribution in [2.45, 2.75) is 6.42 Å². The quantitative estimate of drug-likeness (QED) is 0.787. The highest BCUT2D eigenvalue weighted by atomic mass is 79.9. The lowest BCUT2D eigenvalue weighted by molar-refractivity contribution is -0.115. The molecular weight excluding hydrogens is 412 g/mol. The number of halogens is 2. The fourth-order valence-electron chi connectivity index (χ4n) is 2.41. The number of primary amides is 1. The van der Waals surface area contributed by atoms with Gasteiger partial charge in [0.2, 0.25) is 11.8 Å². The van der Waals surface area contributed by atoms with Gasteiger partial charge < -0.3 is 20.5 Å². The van der Waals surface area contributed by atoms with Crippen LogP contribution in [0, 0.1) is 0 Å². The predicted octanol–water partition coefficient (Wildman–Crippen LogP) is 3.15. The number of nitrogens with two attached hydrogens (primary N) is 1. The highest BCUT2D eigenvalue weighted by Crippen LogP contribution is 2.35. The van der Waals surface area contributed by atoms with Crippen molar-refractivity contribution in [3.05, 3.63) is 51.0 Å². The molecule has 0 saturated carbocycles. The first kappa shape index (κ1) is 17.6. The summed E-state index contributed by atoms with van der Waals surface area (Å²) in [4.78, 5) is 23.5. The Kier molecular flexibility index (Phi) is 5.15. The third-order valence-corrected chi connectivity index (χ3v) is 4.63. The molecule has 8 heteroatoms. The Labute approximate surface area is 157 Å². The molecule has 0 saturated heterocycles. The average molecular weight is 426 g/mol. The van der Waals surface area contributed by atoms with Crippen LogP contribution in [0.15, 0.2) is 34.8 Å². The molecule has 3 N–H and O–H groups in total. The minimum atomic E-state index is -0.622. The van der Waals surface area contributed by atoms with Crippen molar-refractivity contribution in [1.29, 1.82) is 0 Å². The van der Waals surface area contributed by atoms with E-state index < -0.39 is 5.91 Å². The van der Waals surface area contributed by atoms with Gasteiger partial charge in [-0.3, -0.25) is 9.59 Å². The summed E-state index contributed by atoms with van der Waals surface area (Å²) in [5.41, 5.74) is 6.65. The summed E-state index contributed by atoms with van der Waals surface area (Å²) >= 11 is 9.42. The van der Waals surface area contributed by atoms with Crippen LogP contribution in [-0.2, 0) is 11.2 Å². The number of hydrogen-bond donors (Lipinski definition) is 2. The van der Waals surface area contributed by atoms with Gasteiger partial charge in [0.15, 0.2) is 11.5 Å². The summed E-state index contributed by atoms with van der Waals surface area (Å²) in [6.45, 7) is 0.978. The molecule has 2 amide bonds. The molecule has 1 heterocycles. The van der Waals surface area contributed by atoms with Crippen LogP contribution in [0.1, 0.15) is 15.9 Å². The van der Waals surface area contributed by atoms with Crippen molar-refractivity contribution < 1.29 is 19.1 Å². The fraction of sp³-hybridized carbons (Fsp3) is 0.176. The van der Waals surface area contributed by atoms with Crippen LogP contribution in [0.2, 0.25) is 5.02 Å². The topological polar surface area (TPSA) is 90.7 Å². The molecule has 0 atom stereocenters. The first-order valence-electron chi connectivity index (χ1n) is 7.41. The summed E-state index contributed by atoms with van der Waals surface area (Å²) in [6.07, 6.45) is 0.131. The molecule has 25 heavy (non-hydrogen) atoms. The van der Waals surface area contributed by atoms with Gasteiger partial charge in [0.05, 0.1) is 17.0 Å². The Morgan fingerprint density at radius 1 is 1.16 bits per heavy atom. The van der Waals surface area contributed by atoms with E-state index in [0.29, 0.717) is 30.4 Å². The smallest absolute Gasteiger partial charge is 0.250 e. The largest absolute Gasteiger partial charge is 0.486 e. The van der Waals surface area contributed by atoms with Crippen LogP contribution in [0.5, 0.6) is 11.5 Å². The highest BCUT2D eigenvalue weighted by molar-refractivity contribution is 9.10. The van der Waals surface area contributed by atoms with E-state index in [2.05, 4.69) is 21.2 Å². The minimum absolute atomic E-state index is 0.131. The van der Waals surface area contributed by atoms with E-state index in [4.69, 9.17) is 26.8 Å². The maximum atomic E-state index is 12.3. The van der Waals surface area contributed by atoms with Gasteiger partial charge in [0.25, 0.3) is 0 Å². The Balaban J connectivity index is 1.73. The number of anilines is 1. The molecule has 1 aliphatic rings. The molecule has 0 unspecified atom stereocenters. The molecular formula is C17H14BrClN2O4. The number of amides is 2. The SMILES string of the molecule is NC(=O)c1ccc(NC(=O)Cc2cc3c(cc2Br)OCCO3)cc1Cl. The standard InChI is InChI=1S/C17H14BrClN2O4/c18-12-8-15-14(24-3-4-25-15)5-9(12)6-16(22)21-10-1-2-11(17(20)23)13(19)7-10/h1-2,5,7-8H,3-4,6H2,(H2,20,23)(H,21,22). The highest BCUT2D eigenvalue weighted by Gasteiger charge is 2.17. The number of benzene rings is 2. The Morgan fingerprint density at radius 3 is 2.48 bits per heavy atom. The molecule has 2 aromatic rings. The second-order valence-electron chi connectivity index (χ2n) is 5.37. The van der Waals surface area contributed by atoms with Gasteiger partial charge in [0, 0.05) is 10.2 Å². The van der Waals surface area contributed by atoms with Gasteiger partial charge in [0.1, 0.15) is 13.2 Å². The van der Waals surface area contributed by atoms with Crippen LogP contribution < -0.4 is 20.5 Å². The van der Waals surface area contributed by atoms with Crippen LogP contribution in [0.25, 0.3) is 0 Å². The summed E-state index contributed by atoms with van der Waals surface area (Å²) in [5.74, 6) is 0.408. The van der Waals surface area contributed by atoms with Crippen molar-refractivity contribution in [2.24, 2.45) is 5.73 Å². The number of rotatable bonds is 4. The minimum Gasteiger partial charge on any atom is -0.486 e. The van der Waals surface area contributed by atoms with E-state index in [1.165, 1.54) is 12.1 Å². The van der Waals surface area contributed by atoms with Gasteiger partial charge >= 0.3 is 0 Å². The molecule has 1 aliphatic heterocycles. The molecule has 2 aromatic carbocycles. The average Bonchev–Trinajstić information content (AvgIpc) is 2.55. The van der Waals surface area contributed by atoms with E-state index in [-0.39, 0.29) is 22.9 Å². The molecule has 0 fully saturated rings. The van der Waals surface area contributed by atoms with Gasteiger partial charge in [-0.05, 0) is 35.9 Å². The number of ether oxygens (including phenoxy) is 2. The molecule has 0 bridgehead atoms. The van der Waals surface area contributed by atoms with E-state index in [1.54, 1.807) is 18.2 Å². The molecule has 3 rings (SSSR count). The van der Waals surface area contributed by atoms with Crippen molar-refractivity contribution in [3.63, 3.8) is 0 Å². The first-order chi connectivity index (χ1) is 11.9. The lowest BCUT2D eigenvalue weighted by Gasteiger charge is -2.19. The first-order valence-corrected chi connectivity index (χ1v) is 8.58. The molecule has 0 aliphatic carbocycles. The fourth-order valence-corrected chi connectivity index (χ4v) is 3.15. The van der Waals surface area contributed by atoms with Crippen LogP contribution in [0.3, 0.4) is 0 Å². The predicted molar refractivity (Wildman–Crippen MR) is 97.4 cm³/mol. The second-order valence-corrected chi connectivity index (χ2v) is 6.63. The monoisotopic (exact) mass is 424 g/mol. The Morgan fingerprint density at radius 2 is 1.84 bits per heavy atom. The van der Waals surface area contributed by atoms with Crippen molar-refractivity contribution in [2.75, 3.05) is 18.5 Å². The van der Waals surface area contributed by atoms with Gasteiger partial charge in [-0.25, -0.2) is 0 Å². The number of hydrogen-bond acceptors (Lipinski definition) is 4. The third-order valence-electron chi connectivity index (χ3n) is 3.58. The molecule has 130 valence electrons. The molecule has 0 aromatic heterocycles. The molecule has 0 radical (unpaired) electrons. The number of nitrogens with one attached hydrogen (secondary N) is 1. The second kappa shape index (κ2) is 7.33. The number of carbonyl (C=O) groups excluding carboxylic acids is 2. The van der Waals surface area contributed by atoms with Crippen molar-refractivity contribution in [3.8, 4) is 11.5 Å². The zero-order valence-electron chi connectivity index (χ0n) is 13.0.